The molecule has 0 rings (SSSR count). The molecule has 0 bridgehead atoms. The second-order valence-electron chi connectivity index (χ2n) is 1.91. The molecule has 3 nitrogen and oxygen atoms in total. The first-order chi connectivity index (χ1) is 4.12. The van der Waals surface area contributed by atoms with Crippen LogP contribution in [0.4, 0.5) is 0 Å². The summed E-state index contributed by atoms with van der Waals surface area (Å²) in [6.45, 7) is 11.4. The van der Waals surface area contributed by atoms with E-state index in [0.717, 1.165) is 0 Å². The first-order valence-corrected chi connectivity index (χ1v) is 2.45. The van der Waals surface area contributed by atoms with E-state index in [0.29, 0.717) is 0 Å². The van der Waals surface area contributed by atoms with Crippen molar-refractivity contribution in [3.8, 4) is 6.57 Å². The summed E-state index contributed by atoms with van der Waals surface area (Å²) in [7, 11) is 0. The number of hydrogen-bond acceptors (Lipinski definition) is 2. The van der Waals surface area contributed by atoms with Crippen LogP contribution in [0.25, 0.3) is 5.01 Å². The summed E-state index contributed by atoms with van der Waals surface area (Å²) in [6.07, 6.45) is 0. The van der Waals surface area contributed by atoms with Crippen LogP contribution in [0, 0.1) is 6.57 Å². The van der Waals surface area contributed by atoms with Gasteiger partial charge in [-0.05, 0) is 12.4 Å². The van der Waals surface area contributed by atoms with E-state index < -0.39 is 5.72 Å². The number of aliphatic imine (C=N–C) groups is 1. The van der Waals surface area contributed by atoms with Crippen molar-refractivity contribution in [3.63, 3.8) is 0 Å². The Balaban J connectivity index is 4.05. The maximum absolute atomic E-state index is 4.74. The fraction of sp³-hybridized carbons (Fsp3) is 0.500. The van der Waals surface area contributed by atoms with Gasteiger partial charge in [0.05, 0.1) is 0 Å². The molecule has 0 aliphatic heterocycles. The second kappa shape index (κ2) is 2.91. The van der Waals surface area contributed by atoms with Crippen molar-refractivity contribution < 1.29 is 4.84 Å². The molecule has 9 heavy (non-hydrogen) atoms. The van der Waals surface area contributed by atoms with Gasteiger partial charge in [-0.15, -0.1) is 4.84 Å². The van der Waals surface area contributed by atoms with Gasteiger partial charge < -0.3 is 0 Å². The van der Waals surface area contributed by atoms with Gasteiger partial charge in [0.25, 0.3) is 5.72 Å². The normalized spacial score (nSPS) is 9.00. The smallest absolute Gasteiger partial charge is 0.189 e. The third-order valence-electron chi connectivity index (χ3n) is 0.624. The zero-order valence-corrected chi connectivity index (χ0v) is 5.59. The number of hydrogen-bond donors (Lipinski definition) is 0. The summed E-state index contributed by atoms with van der Waals surface area (Å²) in [6, 6.07) is 0. The third-order valence-corrected chi connectivity index (χ3v) is 0.624. The van der Waals surface area contributed by atoms with Crippen molar-refractivity contribution in [1.82, 2.24) is 0 Å². The molecule has 0 radical (unpaired) electrons. The lowest BCUT2D eigenvalue weighted by Gasteiger charge is -2.03. The lowest BCUT2D eigenvalue weighted by atomic mass is 10.3. The van der Waals surface area contributed by atoms with Gasteiger partial charge in [-0.25, -0.2) is 0 Å². The molecular formula is C6H9N2O+. The van der Waals surface area contributed by atoms with Gasteiger partial charge in [0.15, 0.2) is 0 Å². The van der Waals surface area contributed by atoms with E-state index in [1.807, 2.05) is 0 Å². The molecule has 0 aliphatic rings. The van der Waals surface area contributed by atoms with Gasteiger partial charge in [0, 0.05) is 13.8 Å². The Labute approximate surface area is 54.4 Å². The van der Waals surface area contributed by atoms with Crippen molar-refractivity contribution in [3.05, 3.63) is 11.6 Å². The molecule has 0 aromatic carbocycles. The molecule has 0 spiro atoms. The average molecular weight is 125 g/mol. The zero-order valence-electron chi connectivity index (χ0n) is 5.59. The van der Waals surface area contributed by atoms with Crippen LogP contribution in [0.2, 0.25) is 0 Å². The van der Waals surface area contributed by atoms with Crippen LogP contribution in [0.3, 0.4) is 0 Å². The lowest BCUT2D eigenvalue weighted by Crippen LogP contribution is -2.16. The molecule has 3 heteroatoms. The van der Waals surface area contributed by atoms with E-state index >= 15 is 0 Å². The van der Waals surface area contributed by atoms with Gasteiger partial charge in [0.2, 0.25) is 5.01 Å². The molecule has 0 N–H and O–H groups in total. The second-order valence-corrected chi connectivity index (χ2v) is 1.91. The van der Waals surface area contributed by atoms with Gasteiger partial charge in [-0.2, -0.15) is 4.99 Å². The Bertz CT molecular complexity index is 172. The highest BCUT2D eigenvalue weighted by molar-refractivity contribution is 5.47. The Morgan fingerprint density at radius 1 is 1.78 bits per heavy atom. The van der Waals surface area contributed by atoms with E-state index in [1.54, 1.807) is 13.8 Å². The Hall–Kier alpha value is -1.26. The Morgan fingerprint density at radius 3 is 2.67 bits per heavy atom. The highest BCUT2D eigenvalue weighted by atomic mass is 16.7. The predicted octanol–water partition coefficient (Wildman–Crippen LogP) is 1.47. The monoisotopic (exact) mass is 125 g/mol. The summed E-state index contributed by atoms with van der Waals surface area (Å²) in [5.74, 6) is 2.33. The van der Waals surface area contributed by atoms with Crippen LogP contribution >= 0.6 is 0 Å². The largest absolute Gasteiger partial charge is 0.335 e. The maximum atomic E-state index is 4.74. The average Bonchev–Trinajstić information content (AvgIpc) is 1.64. The van der Waals surface area contributed by atoms with Crippen LogP contribution in [-0.4, -0.2) is 11.6 Å². The summed E-state index contributed by atoms with van der Waals surface area (Å²) in [5, 5.41) is 2.96. The Kier molecular flexibility index (Phi) is 2.50. The first kappa shape index (κ1) is 7.74. The Morgan fingerprint density at radius 2 is 2.33 bits per heavy atom. The van der Waals surface area contributed by atoms with Crippen molar-refractivity contribution >= 4 is 5.87 Å². The molecule has 0 amide bonds. The lowest BCUT2D eigenvalue weighted by molar-refractivity contribution is 0.0638. The molecular weight excluding hydrogens is 116 g/mol. The number of nitrogens with zero attached hydrogens (tertiary/aromatic N) is 2. The van der Waals surface area contributed by atoms with Gasteiger partial charge >= 0.3 is 6.57 Å². The standard InChI is InChI=1S/C6H9N2O/c1-5-8-6(2,3)9-7-4/h4H,1H2,2-3H3/q+1. The molecule has 0 saturated carbocycles. The molecule has 0 heterocycles. The highest BCUT2D eigenvalue weighted by Gasteiger charge is 2.22. The molecule has 0 atom stereocenters. The molecule has 48 valence electrons. The summed E-state index contributed by atoms with van der Waals surface area (Å²) in [5.41, 5.74) is -0.740. The van der Waals surface area contributed by atoms with E-state index in [1.165, 1.54) is 0 Å². The van der Waals surface area contributed by atoms with Crippen molar-refractivity contribution in [1.29, 1.82) is 0 Å². The predicted molar refractivity (Wildman–Crippen MR) is 36.5 cm³/mol. The SMILES string of the molecule is C#[N+]OC(C)(C)N=C=C. The van der Waals surface area contributed by atoms with Crippen molar-refractivity contribution in [2.75, 3.05) is 0 Å². The minimum absolute atomic E-state index is 0.740. The van der Waals surface area contributed by atoms with Gasteiger partial charge in [-0.1, -0.05) is 0 Å². The van der Waals surface area contributed by atoms with Crippen LogP contribution in [-0.2, 0) is 4.84 Å². The van der Waals surface area contributed by atoms with Gasteiger partial charge in [0.1, 0.15) is 0 Å². The minimum Gasteiger partial charge on any atom is -0.189 e. The van der Waals surface area contributed by atoms with E-state index in [4.69, 9.17) is 6.57 Å². The molecule has 0 unspecified atom stereocenters. The van der Waals surface area contributed by atoms with E-state index in [9.17, 15) is 0 Å². The van der Waals surface area contributed by atoms with Crippen LogP contribution in [0.15, 0.2) is 11.6 Å². The molecule has 0 aromatic rings. The molecule has 0 aromatic heterocycles. The number of rotatable bonds is 2. The molecule has 0 aliphatic carbocycles. The fourth-order valence-electron chi connectivity index (χ4n) is 0.340. The van der Waals surface area contributed by atoms with Gasteiger partial charge in [-0.3, -0.25) is 0 Å². The van der Waals surface area contributed by atoms with Crippen LogP contribution < -0.4 is 0 Å². The maximum Gasteiger partial charge on any atom is 0.335 e. The highest BCUT2D eigenvalue weighted by Crippen LogP contribution is 2.08. The van der Waals surface area contributed by atoms with Crippen molar-refractivity contribution in [2.24, 2.45) is 4.99 Å². The molecule has 0 fully saturated rings. The fourth-order valence-corrected chi connectivity index (χ4v) is 0.340. The zero-order chi connectivity index (χ0) is 7.33. The summed E-state index contributed by atoms with van der Waals surface area (Å²) in [4.78, 5) is 8.29. The van der Waals surface area contributed by atoms with E-state index in [-0.39, 0.29) is 0 Å². The topological polar surface area (TPSA) is 25.9 Å². The quantitative estimate of drug-likeness (QED) is 0.405. The van der Waals surface area contributed by atoms with Crippen LogP contribution in [0.1, 0.15) is 13.8 Å². The third kappa shape index (κ3) is 3.33. The van der Waals surface area contributed by atoms with E-state index in [2.05, 4.69) is 27.3 Å². The van der Waals surface area contributed by atoms with Crippen molar-refractivity contribution in [2.45, 2.75) is 19.6 Å². The first-order valence-electron chi connectivity index (χ1n) is 2.45. The molecule has 0 saturated heterocycles. The van der Waals surface area contributed by atoms with Crippen LogP contribution in [0.5, 0.6) is 0 Å². The minimum atomic E-state index is -0.740. The summed E-state index contributed by atoms with van der Waals surface area (Å²) >= 11 is 0. The summed E-state index contributed by atoms with van der Waals surface area (Å²) < 4.78 is 0.